The Balaban J connectivity index is 0.000000945. The number of amides is 1. The number of carbonyl (C=O) groups excluding carboxylic acids is 1. The molecule has 10 heteroatoms. The van der Waals surface area contributed by atoms with Gasteiger partial charge in [0.05, 0.1) is 11.3 Å². The van der Waals surface area contributed by atoms with E-state index in [4.69, 9.17) is 0 Å². The van der Waals surface area contributed by atoms with Gasteiger partial charge in [-0.3, -0.25) is 14.4 Å². The van der Waals surface area contributed by atoms with Crippen LogP contribution in [0.5, 0.6) is 5.75 Å². The van der Waals surface area contributed by atoms with Gasteiger partial charge in [0.1, 0.15) is 11.4 Å². The van der Waals surface area contributed by atoms with E-state index in [2.05, 4.69) is 31.4 Å². The fourth-order valence-corrected chi connectivity index (χ4v) is 3.52. The third-order valence-corrected chi connectivity index (χ3v) is 5.54. The first-order valence-electron chi connectivity index (χ1n) is 10.8. The number of para-hydroxylation sites is 1. The molecule has 3 rings (SSSR count). The second-order valence-corrected chi connectivity index (χ2v) is 9.63. The Labute approximate surface area is 203 Å². The van der Waals surface area contributed by atoms with Crippen molar-refractivity contribution in [2.24, 2.45) is 20.0 Å². The molecule has 3 aromatic rings. The maximum Gasteiger partial charge on any atom is 0.290 e. The minimum absolute atomic E-state index is 0.0121. The minimum Gasteiger partial charge on any atom is -0.505 e. The van der Waals surface area contributed by atoms with E-state index in [1.807, 2.05) is 17.5 Å². The number of aromatic hydroxyl groups is 1. The molecule has 2 aromatic heterocycles. The second kappa shape index (κ2) is 11.6. The molecule has 0 fully saturated rings. The molecule has 0 aliphatic heterocycles. The largest absolute Gasteiger partial charge is 0.505 e. The lowest BCUT2D eigenvalue weighted by Gasteiger charge is -2.18. The van der Waals surface area contributed by atoms with E-state index < -0.39 is 11.1 Å². The van der Waals surface area contributed by atoms with Crippen LogP contribution in [0.4, 0.5) is 17.1 Å². The summed E-state index contributed by atoms with van der Waals surface area (Å²) < 4.78 is 2.38. The van der Waals surface area contributed by atoms with Crippen molar-refractivity contribution in [1.82, 2.24) is 14.3 Å². The van der Waals surface area contributed by atoms with Gasteiger partial charge in [-0.2, -0.15) is 0 Å². The molecule has 9 nitrogen and oxygen atoms in total. The number of hydrogen-bond donors (Lipinski definition) is 3. The SMILES string of the molecule is CC(C)C.CN(C)C(=O)c1cccc(Nc2c(NCc3cccs3)c(=O)n(C)n(C)c2=O)c1O. The van der Waals surface area contributed by atoms with Crippen LogP contribution in [0.1, 0.15) is 36.0 Å². The first kappa shape index (κ1) is 26.7. The molecule has 0 saturated carbocycles. The van der Waals surface area contributed by atoms with Gasteiger partial charge in [0.15, 0.2) is 5.75 Å². The first-order chi connectivity index (χ1) is 16.0. The van der Waals surface area contributed by atoms with Gasteiger partial charge in [0.25, 0.3) is 17.0 Å². The Morgan fingerprint density at radius 3 is 2.15 bits per heavy atom. The molecule has 0 aliphatic rings. The summed E-state index contributed by atoms with van der Waals surface area (Å²) in [5, 5.41) is 18.4. The second-order valence-electron chi connectivity index (χ2n) is 8.60. The van der Waals surface area contributed by atoms with Crippen molar-refractivity contribution in [3.63, 3.8) is 0 Å². The van der Waals surface area contributed by atoms with E-state index in [0.717, 1.165) is 10.8 Å². The van der Waals surface area contributed by atoms with Crippen molar-refractivity contribution in [2.45, 2.75) is 27.3 Å². The quantitative estimate of drug-likeness (QED) is 0.459. The van der Waals surface area contributed by atoms with Crippen molar-refractivity contribution in [1.29, 1.82) is 0 Å². The molecule has 2 heterocycles. The van der Waals surface area contributed by atoms with Gasteiger partial charge in [-0.05, 0) is 29.5 Å². The van der Waals surface area contributed by atoms with E-state index >= 15 is 0 Å². The number of carbonyl (C=O) groups is 1. The summed E-state index contributed by atoms with van der Waals surface area (Å²) in [7, 11) is 6.12. The highest BCUT2D eigenvalue weighted by atomic mass is 32.1. The number of phenolic OH excluding ortho intramolecular Hbond substituents is 1. The van der Waals surface area contributed by atoms with Gasteiger partial charge in [0.2, 0.25) is 0 Å². The summed E-state index contributed by atoms with van der Waals surface area (Å²) in [6.07, 6.45) is 0. The van der Waals surface area contributed by atoms with Gasteiger partial charge in [-0.25, -0.2) is 9.36 Å². The van der Waals surface area contributed by atoms with Crippen LogP contribution >= 0.6 is 11.3 Å². The monoisotopic (exact) mass is 487 g/mol. The van der Waals surface area contributed by atoms with Crippen molar-refractivity contribution in [3.8, 4) is 5.75 Å². The van der Waals surface area contributed by atoms with Gasteiger partial charge < -0.3 is 20.6 Å². The number of benzene rings is 1. The molecule has 0 bridgehead atoms. The highest BCUT2D eigenvalue weighted by Crippen LogP contribution is 2.31. The van der Waals surface area contributed by atoms with E-state index in [1.54, 1.807) is 20.2 Å². The summed E-state index contributed by atoms with van der Waals surface area (Å²) in [4.78, 5) is 40.4. The average molecular weight is 488 g/mol. The lowest BCUT2D eigenvalue weighted by molar-refractivity contribution is 0.0824. The normalized spacial score (nSPS) is 10.5. The zero-order valence-electron chi connectivity index (χ0n) is 20.7. The molecule has 1 aromatic carbocycles. The van der Waals surface area contributed by atoms with Crippen LogP contribution in [0.25, 0.3) is 0 Å². The third kappa shape index (κ3) is 6.28. The van der Waals surface area contributed by atoms with Gasteiger partial charge >= 0.3 is 0 Å². The maximum atomic E-state index is 12.9. The summed E-state index contributed by atoms with van der Waals surface area (Å²) in [6.45, 7) is 6.86. The smallest absolute Gasteiger partial charge is 0.290 e. The van der Waals surface area contributed by atoms with Crippen molar-refractivity contribution >= 4 is 34.3 Å². The van der Waals surface area contributed by atoms with Gasteiger partial charge in [0, 0.05) is 39.6 Å². The number of hydrogen-bond acceptors (Lipinski definition) is 7. The van der Waals surface area contributed by atoms with Crippen LogP contribution in [-0.2, 0) is 20.6 Å². The fraction of sp³-hybridized carbons (Fsp3) is 0.375. The molecule has 0 radical (unpaired) electrons. The number of nitrogens with zero attached hydrogens (tertiary/aromatic N) is 3. The zero-order valence-corrected chi connectivity index (χ0v) is 21.5. The molecule has 0 saturated heterocycles. The van der Waals surface area contributed by atoms with E-state index in [-0.39, 0.29) is 34.3 Å². The highest BCUT2D eigenvalue weighted by molar-refractivity contribution is 7.09. The Morgan fingerprint density at radius 2 is 1.62 bits per heavy atom. The van der Waals surface area contributed by atoms with E-state index in [0.29, 0.717) is 6.54 Å². The average Bonchev–Trinajstić information content (AvgIpc) is 3.29. The summed E-state index contributed by atoms with van der Waals surface area (Å²) in [6, 6.07) is 8.42. The summed E-state index contributed by atoms with van der Waals surface area (Å²) in [5.41, 5.74) is -0.573. The molecule has 0 spiro atoms. The van der Waals surface area contributed by atoms with E-state index in [9.17, 15) is 19.5 Å². The number of nitrogens with one attached hydrogen (secondary N) is 2. The van der Waals surface area contributed by atoms with Gasteiger partial charge in [-0.15, -0.1) is 11.3 Å². The van der Waals surface area contributed by atoms with Crippen LogP contribution in [0, 0.1) is 5.92 Å². The zero-order chi connectivity index (χ0) is 25.6. The minimum atomic E-state index is -0.463. The predicted octanol–water partition coefficient (Wildman–Crippen LogP) is 3.57. The van der Waals surface area contributed by atoms with E-state index in [1.165, 1.54) is 51.8 Å². The molecular weight excluding hydrogens is 454 g/mol. The molecular formula is C24H33N5O4S. The lowest BCUT2D eigenvalue weighted by atomic mass is 10.1. The molecule has 1 amide bonds. The van der Waals surface area contributed by atoms with Crippen molar-refractivity contribution in [2.75, 3.05) is 24.7 Å². The lowest BCUT2D eigenvalue weighted by Crippen LogP contribution is -2.38. The standard InChI is InChI=1S/C20H23N5O4S.C4H10/c1-23(2)18(27)13-8-5-9-14(17(13)26)22-16-15(21-11-12-7-6-10-30-12)19(28)24(3)25(4)20(16)29;1-4(2)3/h5-10,21-22,26H,11H2,1-4H3;4H,1-3H3. The third-order valence-electron chi connectivity index (χ3n) is 4.67. The number of anilines is 3. The Hall–Kier alpha value is -3.53. The van der Waals surface area contributed by atoms with Crippen LogP contribution in [0.2, 0.25) is 0 Å². The number of rotatable bonds is 6. The number of phenols is 1. The summed E-state index contributed by atoms with van der Waals surface area (Å²) >= 11 is 1.52. The molecule has 3 N–H and O–H groups in total. The summed E-state index contributed by atoms with van der Waals surface area (Å²) in [5.74, 6) is 0.146. The Morgan fingerprint density at radius 1 is 1.03 bits per heavy atom. The van der Waals surface area contributed by atoms with Gasteiger partial charge in [-0.1, -0.05) is 32.9 Å². The molecule has 0 aliphatic carbocycles. The first-order valence-corrected chi connectivity index (χ1v) is 11.7. The number of aromatic nitrogens is 2. The van der Waals surface area contributed by atoms with Crippen LogP contribution in [0.15, 0.2) is 45.3 Å². The van der Waals surface area contributed by atoms with Crippen molar-refractivity contribution < 1.29 is 9.90 Å². The Kier molecular flexibility index (Phi) is 9.08. The molecule has 0 atom stereocenters. The predicted molar refractivity (Wildman–Crippen MR) is 138 cm³/mol. The van der Waals surface area contributed by atoms with Crippen LogP contribution < -0.4 is 21.8 Å². The molecule has 184 valence electrons. The maximum absolute atomic E-state index is 12.9. The fourth-order valence-electron chi connectivity index (χ4n) is 2.87. The molecule has 0 unspecified atom stereocenters. The highest BCUT2D eigenvalue weighted by Gasteiger charge is 2.20. The van der Waals surface area contributed by atoms with Crippen molar-refractivity contribution in [3.05, 3.63) is 66.9 Å². The molecule has 34 heavy (non-hydrogen) atoms. The topological polar surface area (TPSA) is 109 Å². The van der Waals surface area contributed by atoms with Crippen LogP contribution in [-0.4, -0.2) is 39.4 Å². The Bertz CT molecular complexity index is 1240. The van der Waals surface area contributed by atoms with Crippen LogP contribution in [0.3, 0.4) is 0 Å². The number of thiophene rings is 1.